The number of benzene rings is 3. The molecule has 1 heterocycles. The first-order valence-corrected chi connectivity index (χ1v) is 10.6. The number of aliphatic carboxylic acids is 1. The minimum Gasteiger partial charge on any atom is -0.481 e. The van der Waals surface area contributed by atoms with Crippen molar-refractivity contribution in [2.75, 3.05) is 6.54 Å². The number of halogens is 1. The van der Waals surface area contributed by atoms with E-state index in [1.54, 1.807) is 48.5 Å². The van der Waals surface area contributed by atoms with Crippen LogP contribution in [-0.2, 0) is 16.1 Å². The quantitative estimate of drug-likeness (QED) is 0.415. The first-order chi connectivity index (χ1) is 15.4. The van der Waals surface area contributed by atoms with Crippen LogP contribution in [0, 0.1) is 0 Å². The third kappa shape index (κ3) is 4.50. The molecule has 2 N–H and O–H groups in total. The number of rotatable bonds is 7. The fourth-order valence-corrected chi connectivity index (χ4v) is 4.06. The Kier molecular flexibility index (Phi) is 6.23. The van der Waals surface area contributed by atoms with E-state index in [0.717, 1.165) is 5.56 Å². The highest BCUT2D eigenvalue weighted by Gasteiger charge is 2.18. The molecule has 7 heteroatoms. The van der Waals surface area contributed by atoms with Gasteiger partial charge < -0.3 is 15.0 Å². The lowest BCUT2D eigenvalue weighted by Crippen LogP contribution is -2.32. The predicted octanol–water partition coefficient (Wildman–Crippen LogP) is 4.18. The minimum absolute atomic E-state index is 0.00170. The number of carbonyl (C=O) groups is 2. The van der Waals surface area contributed by atoms with E-state index in [1.165, 1.54) is 0 Å². The van der Waals surface area contributed by atoms with E-state index in [0.29, 0.717) is 26.8 Å². The standard InChI is InChI=1S/C25H21ClN2O4/c26-18-11-9-16(10-12-18)17(13-24(30)31)14-27-23(29)15-28-21-7-3-1-5-19(21)25(32)20-6-2-4-8-22(20)28/h1-12,17H,13-15H2,(H,27,29)(H,30,31). The van der Waals surface area contributed by atoms with Gasteiger partial charge in [-0.05, 0) is 42.0 Å². The number of carboxylic acids is 1. The molecular formula is C25H21ClN2O4. The zero-order chi connectivity index (χ0) is 22.7. The van der Waals surface area contributed by atoms with E-state index in [4.69, 9.17) is 11.6 Å². The van der Waals surface area contributed by atoms with Gasteiger partial charge in [0.25, 0.3) is 0 Å². The van der Waals surface area contributed by atoms with Gasteiger partial charge in [-0.15, -0.1) is 0 Å². The Morgan fingerprint density at radius 3 is 2.03 bits per heavy atom. The van der Waals surface area contributed by atoms with Gasteiger partial charge in [-0.2, -0.15) is 0 Å². The minimum atomic E-state index is -0.948. The molecule has 0 aliphatic heterocycles. The number of pyridine rings is 1. The Bertz CT molecular complexity index is 1300. The van der Waals surface area contributed by atoms with Crippen LogP contribution in [0.3, 0.4) is 0 Å². The van der Waals surface area contributed by atoms with Gasteiger partial charge in [-0.1, -0.05) is 48.0 Å². The molecule has 0 saturated carbocycles. The van der Waals surface area contributed by atoms with Crippen molar-refractivity contribution in [3.63, 3.8) is 0 Å². The molecule has 0 spiro atoms. The lowest BCUT2D eigenvalue weighted by atomic mass is 9.95. The third-order valence-corrected chi connectivity index (χ3v) is 5.74. The highest BCUT2D eigenvalue weighted by atomic mass is 35.5. The Balaban J connectivity index is 1.61. The molecule has 0 fully saturated rings. The van der Waals surface area contributed by atoms with Crippen LogP contribution >= 0.6 is 11.6 Å². The van der Waals surface area contributed by atoms with Crippen LogP contribution in [0.15, 0.2) is 77.6 Å². The number of carbonyl (C=O) groups excluding carboxylic acids is 1. The van der Waals surface area contributed by atoms with E-state index in [-0.39, 0.29) is 30.8 Å². The van der Waals surface area contributed by atoms with Crippen LogP contribution in [0.4, 0.5) is 0 Å². The molecule has 1 amide bonds. The highest BCUT2D eigenvalue weighted by Crippen LogP contribution is 2.22. The molecule has 32 heavy (non-hydrogen) atoms. The average molecular weight is 449 g/mol. The molecule has 3 aromatic carbocycles. The normalized spacial score (nSPS) is 12.0. The number of hydrogen-bond donors (Lipinski definition) is 2. The monoisotopic (exact) mass is 448 g/mol. The SMILES string of the molecule is O=C(O)CC(CNC(=O)Cn1c2ccccc2c(=O)c2ccccc21)c1ccc(Cl)cc1. The van der Waals surface area contributed by atoms with Gasteiger partial charge in [0, 0.05) is 28.3 Å². The zero-order valence-corrected chi connectivity index (χ0v) is 17.9. The number of carboxylic acid groups (broad SMARTS) is 1. The number of amides is 1. The van der Waals surface area contributed by atoms with Crippen LogP contribution < -0.4 is 10.7 Å². The smallest absolute Gasteiger partial charge is 0.304 e. The lowest BCUT2D eigenvalue weighted by Gasteiger charge is -2.18. The van der Waals surface area contributed by atoms with Crippen molar-refractivity contribution in [1.29, 1.82) is 0 Å². The Labute approximate surface area is 189 Å². The second-order valence-corrected chi connectivity index (χ2v) is 8.04. The van der Waals surface area contributed by atoms with Crippen molar-refractivity contribution >= 4 is 45.3 Å². The van der Waals surface area contributed by atoms with Gasteiger partial charge in [-0.3, -0.25) is 14.4 Å². The maximum atomic E-state index is 12.9. The van der Waals surface area contributed by atoms with E-state index in [1.807, 2.05) is 28.8 Å². The topological polar surface area (TPSA) is 88.4 Å². The summed E-state index contributed by atoms with van der Waals surface area (Å²) in [5.41, 5.74) is 2.06. The van der Waals surface area contributed by atoms with Gasteiger partial charge >= 0.3 is 5.97 Å². The summed E-state index contributed by atoms with van der Waals surface area (Å²) in [7, 11) is 0. The summed E-state index contributed by atoms with van der Waals surface area (Å²) >= 11 is 5.94. The average Bonchev–Trinajstić information content (AvgIpc) is 2.80. The summed E-state index contributed by atoms with van der Waals surface area (Å²) in [5.74, 6) is -1.61. The van der Waals surface area contributed by atoms with Gasteiger partial charge in [0.1, 0.15) is 6.54 Å². The Morgan fingerprint density at radius 1 is 0.906 bits per heavy atom. The first kappa shape index (κ1) is 21.6. The number of fused-ring (bicyclic) bond motifs is 2. The van der Waals surface area contributed by atoms with Crippen LogP contribution in [0.5, 0.6) is 0 Å². The maximum absolute atomic E-state index is 12.9. The van der Waals surface area contributed by atoms with Crippen molar-refractivity contribution in [3.05, 3.63) is 93.6 Å². The van der Waals surface area contributed by atoms with Gasteiger partial charge in [0.2, 0.25) is 5.91 Å². The first-order valence-electron chi connectivity index (χ1n) is 10.2. The molecular weight excluding hydrogens is 428 g/mol. The molecule has 1 atom stereocenters. The summed E-state index contributed by atoms with van der Waals surface area (Å²) in [6.07, 6.45) is -0.119. The molecule has 1 aromatic heterocycles. The molecule has 4 rings (SSSR count). The molecule has 0 aliphatic rings. The molecule has 0 aliphatic carbocycles. The highest BCUT2D eigenvalue weighted by molar-refractivity contribution is 6.30. The lowest BCUT2D eigenvalue weighted by molar-refractivity contribution is -0.137. The van der Waals surface area contributed by atoms with E-state index in [2.05, 4.69) is 5.32 Å². The fourth-order valence-electron chi connectivity index (χ4n) is 3.94. The summed E-state index contributed by atoms with van der Waals surface area (Å²) < 4.78 is 1.82. The van der Waals surface area contributed by atoms with Crippen molar-refractivity contribution in [1.82, 2.24) is 9.88 Å². The number of nitrogens with one attached hydrogen (secondary N) is 1. The second kappa shape index (κ2) is 9.24. The Hall–Kier alpha value is -3.64. The molecule has 0 radical (unpaired) electrons. The summed E-state index contributed by atoms with van der Waals surface area (Å²) in [4.78, 5) is 37.1. The zero-order valence-electron chi connectivity index (χ0n) is 17.1. The number of hydrogen-bond acceptors (Lipinski definition) is 3. The number of para-hydroxylation sites is 2. The number of aromatic nitrogens is 1. The van der Waals surface area contributed by atoms with Crippen molar-refractivity contribution < 1.29 is 14.7 Å². The van der Waals surface area contributed by atoms with E-state index in [9.17, 15) is 19.5 Å². The van der Waals surface area contributed by atoms with E-state index >= 15 is 0 Å². The van der Waals surface area contributed by atoms with Crippen LogP contribution in [0.25, 0.3) is 21.8 Å². The van der Waals surface area contributed by atoms with Gasteiger partial charge in [0.05, 0.1) is 17.5 Å². The van der Waals surface area contributed by atoms with Crippen molar-refractivity contribution in [3.8, 4) is 0 Å². The summed E-state index contributed by atoms with van der Waals surface area (Å²) in [5, 5.41) is 13.8. The van der Waals surface area contributed by atoms with Crippen LogP contribution in [0.2, 0.25) is 5.02 Å². The van der Waals surface area contributed by atoms with E-state index < -0.39 is 11.9 Å². The molecule has 162 valence electrons. The fraction of sp³-hybridized carbons (Fsp3) is 0.160. The third-order valence-electron chi connectivity index (χ3n) is 5.49. The van der Waals surface area contributed by atoms with Crippen LogP contribution in [-0.4, -0.2) is 28.1 Å². The van der Waals surface area contributed by atoms with Gasteiger partial charge in [0.15, 0.2) is 5.43 Å². The van der Waals surface area contributed by atoms with Gasteiger partial charge in [-0.25, -0.2) is 0 Å². The van der Waals surface area contributed by atoms with Crippen molar-refractivity contribution in [2.24, 2.45) is 0 Å². The largest absolute Gasteiger partial charge is 0.481 e. The van der Waals surface area contributed by atoms with Crippen molar-refractivity contribution in [2.45, 2.75) is 18.9 Å². The Morgan fingerprint density at radius 2 is 1.47 bits per heavy atom. The summed E-state index contributed by atoms with van der Waals surface area (Å²) in [6, 6.07) is 21.3. The molecule has 6 nitrogen and oxygen atoms in total. The van der Waals surface area contributed by atoms with Crippen LogP contribution in [0.1, 0.15) is 17.9 Å². The second-order valence-electron chi connectivity index (χ2n) is 7.60. The predicted molar refractivity (Wildman–Crippen MR) is 125 cm³/mol. The molecule has 0 saturated heterocycles. The number of nitrogens with zero attached hydrogens (tertiary/aromatic N) is 1. The molecule has 4 aromatic rings. The maximum Gasteiger partial charge on any atom is 0.304 e. The molecule has 1 unspecified atom stereocenters. The molecule has 0 bridgehead atoms. The summed E-state index contributed by atoms with van der Waals surface area (Å²) in [6.45, 7) is 0.171.